The second kappa shape index (κ2) is 47.3. The molecule has 0 aliphatic heterocycles. The molecule has 3 atom stereocenters. The van der Waals surface area contributed by atoms with Gasteiger partial charge in [0.1, 0.15) is 12.2 Å². The van der Waals surface area contributed by atoms with Gasteiger partial charge in [-0.15, -0.1) is 0 Å². The summed E-state index contributed by atoms with van der Waals surface area (Å²) in [5.74, 6) is -0.471. The Hall–Kier alpha value is -3.14. The van der Waals surface area contributed by atoms with Crippen LogP contribution in [0.1, 0.15) is 155 Å². The zero-order valence-corrected chi connectivity index (χ0v) is 39.4. The molecule has 0 aromatic carbocycles. The molecular formula is C52H85O9P. The largest absolute Gasteiger partial charge is 0.472 e. The van der Waals surface area contributed by atoms with E-state index >= 15 is 0 Å². The number of hydrogen-bond donors (Lipinski definition) is 3. The zero-order valence-electron chi connectivity index (χ0n) is 38.5. The van der Waals surface area contributed by atoms with Gasteiger partial charge in [-0.25, -0.2) is 4.57 Å². The minimum absolute atomic E-state index is 0.00578. The van der Waals surface area contributed by atoms with Gasteiger partial charge in [0, 0.05) is 13.0 Å². The monoisotopic (exact) mass is 885 g/mol. The summed E-state index contributed by atoms with van der Waals surface area (Å²) in [6.07, 6.45) is 63.2. The van der Waals surface area contributed by atoms with E-state index < -0.39 is 45.8 Å². The lowest BCUT2D eigenvalue weighted by molar-refractivity contribution is -0.154. The van der Waals surface area contributed by atoms with Crippen molar-refractivity contribution >= 4 is 13.8 Å². The summed E-state index contributed by atoms with van der Waals surface area (Å²) in [5, 5.41) is 18.4. The van der Waals surface area contributed by atoms with E-state index in [9.17, 15) is 19.4 Å². The number of rotatable bonds is 43. The highest BCUT2D eigenvalue weighted by Crippen LogP contribution is 2.43. The fourth-order valence-electron chi connectivity index (χ4n) is 5.67. The van der Waals surface area contributed by atoms with Gasteiger partial charge in [-0.2, -0.15) is 0 Å². The molecule has 3 unspecified atom stereocenters. The Morgan fingerprint density at radius 1 is 0.500 bits per heavy atom. The van der Waals surface area contributed by atoms with Crippen molar-refractivity contribution in [2.45, 2.75) is 167 Å². The third-order valence-electron chi connectivity index (χ3n) is 9.16. The van der Waals surface area contributed by atoms with Gasteiger partial charge < -0.3 is 24.6 Å². The van der Waals surface area contributed by atoms with Crippen LogP contribution >= 0.6 is 7.82 Å². The molecule has 0 bridgehead atoms. The number of unbranched alkanes of at least 4 members (excludes halogenated alkanes) is 9. The Morgan fingerprint density at radius 3 is 1.31 bits per heavy atom. The van der Waals surface area contributed by atoms with Crippen LogP contribution in [0.25, 0.3) is 0 Å². The molecule has 3 N–H and O–H groups in total. The first-order valence-electron chi connectivity index (χ1n) is 23.5. The lowest BCUT2D eigenvalue weighted by atomic mass is 10.1. The van der Waals surface area contributed by atoms with Gasteiger partial charge in [-0.1, -0.05) is 180 Å². The Kier molecular flexibility index (Phi) is 44.9. The average Bonchev–Trinajstić information content (AvgIpc) is 3.26. The smallest absolute Gasteiger partial charge is 0.457 e. The number of aliphatic hydroxyl groups excluding tert-OH is 2. The van der Waals surface area contributed by atoms with Crippen molar-refractivity contribution in [1.82, 2.24) is 0 Å². The molecule has 0 saturated carbocycles. The van der Waals surface area contributed by atoms with Crippen molar-refractivity contribution in [3.05, 3.63) is 122 Å². The molecule has 0 amide bonds. The first-order chi connectivity index (χ1) is 30.3. The van der Waals surface area contributed by atoms with Crippen LogP contribution in [0, 0.1) is 0 Å². The number of esters is 1. The minimum atomic E-state index is -4.55. The van der Waals surface area contributed by atoms with Crippen LogP contribution in [0.15, 0.2) is 122 Å². The Morgan fingerprint density at radius 2 is 0.871 bits per heavy atom. The van der Waals surface area contributed by atoms with Crippen LogP contribution < -0.4 is 0 Å². The highest BCUT2D eigenvalue weighted by atomic mass is 31.2. The molecule has 0 spiro atoms. The predicted molar refractivity (Wildman–Crippen MR) is 260 cm³/mol. The summed E-state index contributed by atoms with van der Waals surface area (Å²) >= 11 is 0. The topological polar surface area (TPSA) is 132 Å². The van der Waals surface area contributed by atoms with E-state index in [0.29, 0.717) is 13.0 Å². The first kappa shape index (κ1) is 58.9. The van der Waals surface area contributed by atoms with Gasteiger partial charge >= 0.3 is 13.8 Å². The zero-order chi connectivity index (χ0) is 45.3. The molecule has 0 heterocycles. The van der Waals surface area contributed by atoms with Crippen molar-refractivity contribution in [2.24, 2.45) is 0 Å². The lowest BCUT2D eigenvalue weighted by Crippen LogP contribution is -2.29. The number of hydrogen-bond acceptors (Lipinski definition) is 8. The Balaban J connectivity index is 4.27. The molecule has 0 rings (SSSR count). The summed E-state index contributed by atoms with van der Waals surface area (Å²) in [4.78, 5) is 22.6. The van der Waals surface area contributed by atoms with Gasteiger partial charge in [0.2, 0.25) is 0 Å². The summed E-state index contributed by atoms with van der Waals surface area (Å²) < 4.78 is 33.4. The molecule has 0 aromatic rings. The predicted octanol–water partition coefficient (Wildman–Crippen LogP) is 13.6. The highest BCUT2D eigenvalue weighted by Gasteiger charge is 2.26. The maximum absolute atomic E-state index is 12.6. The normalized spacial score (nSPS) is 15.0. The number of aliphatic hydroxyl groups is 2. The van der Waals surface area contributed by atoms with E-state index in [0.717, 1.165) is 89.9 Å². The van der Waals surface area contributed by atoms with Crippen molar-refractivity contribution in [3.63, 3.8) is 0 Å². The van der Waals surface area contributed by atoms with Gasteiger partial charge in [0.05, 0.1) is 26.4 Å². The number of carbonyl (C=O) groups excluding carboxylic acids is 1. The molecular weight excluding hydrogens is 800 g/mol. The number of carbonyl (C=O) groups is 1. The maximum Gasteiger partial charge on any atom is 0.472 e. The van der Waals surface area contributed by atoms with Crippen LogP contribution in [-0.2, 0) is 27.9 Å². The molecule has 0 aliphatic rings. The van der Waals surface area contributed by atoms with E-state index in [4.69, 9.17) is 23.6 Å². The van der Waals surface area contributed by atoms with E-state index in [1.54, 1.807) is 0 Å². The van der Waals surface area contributed by atoms with Crippen LogP contribution in [0.5, 0.6) is 0 Å². The van der Waals surface area contributed by atoms with Gasteiger partial charge in [-0.05, 0) is 89.9 Å². The molecule has 0 aromatic heterocycles. The standard InChI is InChI=1S/C52H85O9P/c1-3-5-7-9-11-13-15-17-19-21-23-24-25-27-29-31-33-35-37-39-41-43-45-58-48-51(49-60-62(56,57)59-47-50(54)46-53)61-52(55)44-42-40-38-36-34-32-30-28-26-22-20-18-16-14-12-10-8-6-4-2/h5-8,11-14,17-20,23-24,26,28,32,34,38,40,50-51,53-54H,3-4,9-10,15-16,21-22,25,27,29-31,33,35-37,39,41-49H2,1-2H3,(H,56,57)/b7-5-,8-6-,13-11-,14-12-,19-17-,20-18-,24-23-,28-26-,34-32-,40-38-. The molecule has 352 valence electrons. The molecule has 9 nitrogen and oxygen atoms in total. The van der Waals surface area contributed by atoms with Gasteiger partial charge in [-0.3, -0.25) is 13.8 Å². The fraction of sp³-hybridized carbons (Fsp3) is 0.596. The maximum atomic E-state index is 12.6. The number of phosphoric ester groups is 1. The second-order valence-corrected chi connectivity index (χ2v) is 16.5. The molecule has 0 radical (unpaired) electrons. The third-order valence-corrected chi connectivity index (χ3v) is 10.1. The van der Waals surface area contributed by atoms with E-state index in [1.807, 2.05) is 12.2 Å². The fourth-order valence-corrected chi connectivity index (χ4v) is 6.46. The molecule has 62 heavy (non-hydrogen) atoms. The summed E-state index contributed by atoms with van der Waals surface area (Å²) in [6.45, 7) is 3.15. The quantitative estimate of drug-likeness (QED) is 0.0237. The summed E-state index contributed by atoms with van der Waals surface area (Å²) in [7, 11) is -4.55. The molecule has 10 heteroatoms. The minimum Gasteiger partial charge on any atom is -0.457 e. The SMILES string of the molecule is CC/C=C\C/C=C\C/C=C\C/C=C\C/C=C\C/C=C\CCC(=O)OC(COCCCCCCCCCCC/C=C\C/C=C\C/C=C\C/C=C\CC)COP(=O)(O)OCC(O)CO. The first-order valence-corrected chi connectivity index (χ1v) is 25.0. The van der Waals surface area contributed by atoms with Crippen molar-refractivity contribution < 1.29 is 43.0 Å². The lowest BCUT2D eigenvalue weighted by Gasteiger charge is -2.20. The summed E-state index contributed by atoms with van der Waals surface area (Å²) in [5.41, 5.74) is 0. The van der Waals surface area contributed by atoms with Gasteiger partial charge in [0.15, 0.2) is 0 Å². The Bertz CT molecular complexity index is 1370. The average molecular weight is 885 g/mol. The van der Waals surface area contributed by atoms with Crippen LogP contribution in [0.3, 0.4) is 0 Å². The van der Waals surface area contributed by atoms with Crippen molar-refractivity contribution in [3.8, 4) is 0 Å². The molecule has 0 aliphatic carbocycles. The van der Waals surface area contributed by atoms with E-state index in [1.165, 1.54) is 38.5 Å². The third kappa shape index (κ3) is 46.4. The van der Waals surface area contributed by atoms with E-state index in [2.05, 4.69) is 123 Å². The van der Waals surface area contributed by atoms with Gasteiger partial charge in [0.25, 0.3) is 0 Å². The van der Waals surface area contributed by atoms with E-state index in [-0.39, 0.29) is 13.0 Å². The number of ether oxygens (including phenoxy) is 2. The number of phosphoric acid groups is 1. The van der Waals surface area contributed by atoms with Crippen LogP contribution in [-0.4, -0.2) is 66.3 Å². The second-order valence-electron chi connectivity index (χ2n) is 15.0. The Labute approximate surface area is 377 Å². The molecule has 0 saturated heterocycles. The number of allylic oxidation sites excluding steroid dienone is 20. The van der Waals surface area contributed by atoms with Crippen LogP contribution in [0.4, 0.5) is 0 Å². The van der Waals surface area contributed by atoms with Crippen molar-refractivity contribution in [2.75, 3.05) is 33.0 Å². The van der Waals surface area contributed by atoms with Crippen LogP contribution in [0.2, 0.25) is 0 Å². The summed E-state index contributed by atoms with van der Waals surface area (Å²) in [6, 6.07) is 0. The molecule has 0 fully saturated rings. The highest BCUT2D eigenvalue weighted by molar-refractivity contribution is 7.47. The van der Waals surface area contributed by atoms with Crippen molar-refractivity contribution in [1.29, 1.82) is 0 Å².